The van der Waals surface area contributed by atoms with E-state index in [1.54, 1.807) is 0 Å². The molecule has 0 N–H and O–H groups in total. The van der Waals surface area contributed by atoms with Crippen LogP contribution in [0.15, 0.2) is 174 Å². The van der Waals surface area contributed by atoms with Crippen LogP contribution < -0.4 is 4.90 Å². The van der Waals surface area contributed by atoms with Crippen molar-refractivity contribution in [2.75, 3.05) is 4.90 Å². The summed E-state index contributed by atoms with van der Waals surface area (Å²) < 4.78 is 8.93. The van der Waals surface area contributed by atoms with Crippen LogP contribution in [0.1, 0.15) is 0 Å². The SMILES string of the molecule is c1ccc(-n2c3ccccc3c3ccc(N(c4ccc5ccccc5c4)c4cccc5oc6cc7ccccc7cc6c45)cc32)cc1. The monoisotopic (exact) mass is 600 g/mol. The van der Waals surface area contributed by atoms with Gasteiger partial charge in [0, 0.05) is 33.2 Å². The zero-order valence-electron chi connectivity index (χ0n) is 25.5. The van der Waals surface area contributed by atoms with E-state index in [2.05, 4.69) is 179 Å². The van der Waals surface area contributed by atoms with Crippen LogP contribution >= 0.6 is 0 Å². The van der Waals surface area contributed by atoms with E-state index < -0.39 is 0 Å². The second-order valence-electron chi connectivity index (χ2n) is 12.2. The van der Waals surface area contributed by atoms with Gasteiger partial charge < -0.3 is 13.9 Å². The maximum Gasteiger partial charge on any atom is 0.137 e. The van der Waals surface area contributed by atoms with E-state index in [0.29, 0.717) is 0 Å². The Bertz CT molecular complexity index is 2810. The molecule has 2 heterocycles. The molecule has 220 valence electrons. The molecule has 0 aliphatic rings. The fourth-order valence-corrected chi connectivity index (χ4v) is 7.38. The van der Waals surface area contributed by atoms with Gasteiger partial charge in [-0.15, -0.1) is 0 Å². The van der Waals surface area contributed by atoms with E-state index in [1.807, 2.05) is 0 Å². The lowest BCUT2D eigenvalue weighted by Crippen LogP contribution is -2.10. The number of para-hydroxylation sites is 2. The van der Waals surface area contributed by atoms with Crippen LogP contribution in [0.3, 0.4) is 0 Å². The number of benzene rings is 8. The predicted octanol–water partition coefficient (Wildman–Crippen LogP) is 12.5. The van der Waals surface area contributed by atoms with Gasteiger partial charge in [-0.05, 0) is 88.3 Å². The summed E-state index contributed by atoms with van der Waals surface area (Å²) in [5.41, 5.74) is 8.51. The highest BCUT2D eigenvalue weighted by Crippen LogP contribution is 2.45. The average Bonchev–Trinajstić information content (AvgIpc) is 3.66. The molecule has 8 aromatic carbocycles. The molecular formula is C44H28N2O. The van der Waals surface area contributed by atoms with Gasteiger partial charge in [-0.1, -0.05) is 103 Å². The zero-order valence-corrected chi connectivity index (χ0v) is 25.5. The third-order valence-electron chi connectivity index (χ3n) is 9.50. The Morgan fingerprint density at radius 2 is 1.06 bits per heavy atom. The normalized spacial score (nSPS) is 11.8. The van der Waals surface area contributed by atoms with Crippen molar-refractivity contribution in [1.82, 2.24) is 4.57 Å². The molecule has 10 aromatic rings. The van der Waals surface area contributed by atoms with Crippen molar-refractivity contribution >= 4 is 82.4 Å². The lowest BCUT2D eigenvalue weighted by Gasteiger charge is -2.27. The van der Waals surface area contributed by atoms with Crippen LogP contribution in [0.2, 0.25) is 0 Å². The quantitative estimate of drug-likeness (QED) is 0.200. The molecule has 3 nitrogen and oxygen atoms in total. The third-order valence-corrected chi connectivity index (χ3v) is 9.50. The molecule has 47 heavy (non-hydrogen) atoms. The van der Waals surface area contributed by atoms with Crippen LogP contribution in [0, 0.1) is 0 Å². The molecule has 0 spiro atoms. The zero-order chi connectivity index (χ0) is 30.9. The first-order valence-corrected chi connectivity index (χ1v) is 16.0. The number of nitrogens with zero attached hydrogens (tertiary/aromatic N) is 2. The fraction of sp³-hybridized carbons (Fsp3) is 0. The molecule has 0 amide bonds. The summed E-state index contributed by atoms with van der Waals surface area (Å²) in [6.07, 6.45) is 0. The first-order valence-electron chi connectivity index (χ1n) is 16.0. The molecule has 0 fully saturated rings. The molecule has 2 aromatic heterocycles. The van der Waals surface area contributed by atoms with E-state index in [1.165, 1.54) is 37.8 Å². The number of anilines is 3. The van der Waals surface area contributed by atoms with E-state index in [-0.39, 0.29) is 0 Å². The van der Waals surface area contributed by atoms with E-state index in [0.717, 1.165) is 50.2 Å². The molecule has 0 aliphatic heterocycles. The Labute approximate surface area is 271 Å². The highest BCUT2D eigenvalue weighted by Gasteiger charge is 2.22. The van der Waals surface area contributed by atoms with Gasteiger partial charge >= 0.3 is 0 Å². The number of rotatable bonds is 4. The van der Waals surface area contributed by atoms with E-state index in [9.17, 15) is 0 Å². The predicted molar refractivity (Wildman–Crippen MR) is 198 cm³/mol. The van der Waals surface area contributed by atoms with Crippen molar-refractivity contribution < 1.29 is 4.42 Å². The summed E-state index contributed by atoms with van der Waals surface area (Å²) in [6, 6.07) is 60.9. The maximum absolute atomic E-state index is 6.55. The van der Waals surface area contributed by atoms with Crippen molar-refractivity contribution in [3.8, 4) is 5.69 Å². The molecule has 0 saturated carbocycles. The first kappa shape index (κ1) is 26.0. The molecule has 0 bridgehead atoms. The van der Waals surface area contributed by atoms with Gasteiger partial charge in [0.25, 0.3) is 0 Å². The van der Waals surface area contributed by atoms with Crippen LogP contribution in [0.25, 0.3) is 71.0 Å². The molecule has 0 unspecified atom stereocenters. The van der Waals surface area contributed by atoms with Crippen LogP contribution in [0.4, 0.5) is 17.1 Å². The number of aromatic nitrogens is 1. The molecular weight excluding hydrogens is 572 g/mol. The second kappa shape index (κ2) is 10.1. The van der Waals surface area contributed by atoms with Crippen molar-refractivity contribution in [3.05, 3.63) is 170 Å². The Hall–Kier alpha value is -6.32. The van der Waals surface area contributed by atoms with Crippen LogP contribution in [-0.4, -0.2) is 4.57 Å². The van der Waals surface area contributed by atoms with Gasteiger partial charge in [0.2, 0.25) is 0 Å². The summed E-state index contributed by atoms with van der Waals surface area (Å²) in [5, 5.41) is 9.47. The minimum absolute atomic E-state index is 0.873. The largest absolute Gasteiger partial charge is 0.456 e. The second-order valence-corrected chi connectivity index (χ2v) is 12.2. The lowest BCUT2D eigenvalue weighted by molar-refractivity contribution is 0.669. The highest BCUT2D eigenvalue weighted by molar-refractivity contribution is 6.17. The minimum atomic E-state index is 0.873. The van der Waals surface area contributed by atoms with E-state index >= 15 is 0 Å². The van der Waals surface area contributed by atoms with Crippen molar-refractivity contribution in [1.29, 1.82) is 0 Å². The Kier molecular flexibility index (Phi) is 5.57. The summed E-state index contributed by atoms with van der Waals surface area (Å²) in [5.74, 6) is 0. The summed E-state index contributed by atoms with van der Waals surface area (Å²) in [6.45, 7) is 0. The standard InChI is InChI=1S/C44H28N2O/c1-2-15-33(16-3-1)46-39-18-9-8-17-36(39)37-24-23-35(28-41(37)46)45(34-22-21-29-11-4-5-12-30(29)25-34)40-19-10-20-42-44(40)38-26-31-13-6-7-14-32(31)27-43(38)47-42/h1-28H. The number of hydrogen-bond acceptors (Lipinski definition) is 2. The number of hydrogen-bond donors (Lipinski definition) is 0. The molecule has 0 saturated heterocycles. The first-order chi connectivity index (χ1) is 23.3. The van der Waals surface area contributed by atoms with Crippen molar-refractivity contribution in [2.45, 2.75) is 0 Å². The Balaban J connectivity index is 1.30. The summed E-state index contributed by atoms with van der Waals surface area (Å²) >= 11 is 0. The minimum Gasteiger partial charge on any atom is -0.456 e. The maximum atomic E-state index is 6.55. The third kappa shape index (κ3) is 4.00. The lowest BCUT2D eigenvalue weighted by atomic mass is 10.0. The van der Waals surface area contributed by atoms with Gasteiger partial charge in [-0.3, -0.25) is 0 Å². The van der Waals surface area contributed by atoms with Crippen molar-refractivity contribution in [2.24, 2.45) is 0 Å². The molecule has 10 rings (SSSR count). The van der Waals surface area contributed by atoms with Gasteiger partial charge in [-0.25, -0.2) is 0 Å². The fourth-order valence-electron chi connectivity index (χ4n) is 7.38. The molecule has 0 radical (unpaired) electrons. The van der Waals surface area contributed by atoms with Gasteiger partial charge in [0.05, 0.1) is 22.1 Å². The molecule has 0 atom stereocenters. The Morgan fingerprint density at radius 1 is 0.404 bits per heavy atom. The average molecular weight is 601 g/mol. The Morgan fingerprint density at radius 3 is 1.91 bits per heavy atom. The van der Waals surface area contributed by atoms with E-state index in [4.69, 9.17) is 4.42 Å². The summed E-state index contributed by atoms with van der Waals surface area (Å²) in [4.78, 5) is 2.39. The topological polar surface area (TPSA) is 21.3 Å². The van der Waals surface area contributed by atoms with Crippen LogP contribution in [0.5, 0.6) is 0 Å². The van der Waals surface area contributed by atoms with Gasteiger partial charge in [0.15, 0.2) is 0 Å². The smallest absolute Gasteiger partial charge is 0.137 e. The number of furan rings is 1. The molecule has 0 aliphatic carbocycles. The van der Waals surface area contributed by atoms with Gasteiger partial charge in [-0.2, -0.15) is 0 Å². The van der Waals surface area contributed by atoms with Crippen LogP contribution in [-0.2, 0) is 0 Å². The highest BCUT2D eigenvalue weighted by atomic mass is 16.3. The van der Waals surface area contributed by atoms with Crippen molar-refractivity contribution in [3.63, 3.8) is 0 Å². The van der Waals surface area contributed by atoms with Gasteiger partial charge in [0.1, 0.15) is 11.2 Å². The molecule has 3 heteroatoms. The number of fused-ring (bicyclic) bond motifs is 8. The summed E-state index contributed by atoms with van der Waals surface area (Å²) in [7, 11) is 0.